The number of sulfonamides is 3. The van der Waals surface area contributed by atoms with Gasteiger partial charge in [-0.05, 0) is 178 Å². The van der Waals surface area contributed by atoms with Gasteiger partial charge < -0.3 is 48.6 Å². The van der Waals surface area contributed by atoms with Crippen molar-refractivity contribution in [3.63, 3.8) is 0 Å². The van der Waals surface area contributed by atoms with Crippen LogP contribution in [0.25, 0.3) is 0 Å². The Labute approximate surface area is 547 Å². The third-order valence-electron chi connectivity index (χ3n) is 17.1. The Balaban J connectivity index is 0.000000247. The highest BCUT2D eigenvalue weighted by Gasteiger charge is 2.39. The van der Waals surface area contributed by atoms with Gasteiger partial charge in [-0.3, -0.25) is 19.3 Å². The summed E-state index contributed by atoms with van der Waals surface area (Å²) >= 11 is 0. The van der Waals surface area contributed by atoms with Gasteiger partial charge in [0.2, 0.25) is 41.9 Å². The SMILES string of the molecule is CNC.COc1cc(C)c(S(=O)(=O)N2CCCCC2COCC(=O)N2CCC(=O)CC2)c(C)c1.COc1cc(C)c(S(=O)(=O)N2CCCCC2COCC(=O)N2CCN(C(C)C)CC2)c(C)c1.COc1cc(C)c(S(=O)(=O)N2CCCCC2COCC(=O)O)c(C)c1. The van der Waals surface area contributed by atoms with Crippen LogP contribution < -0.4 is 19.5 Å². The molecule has 5 heterocycles. The second-order valence-corrected chi connectivity index (χ2v) is 29.9. The number of amides is 2. The zero-order valence-electron chi connectivity index (χ0n) is 56.5. The van der Waals surface area contributed by atoms with Gasteiger partial charge in [0, 0.05) is 95.9 Å². The van der Waals surface area contributed by atoms with E-state index in [1.807, 2.05) is 19.0 Å². The average Bonchev–Trinajstić information content (AvgIpc) is 0.792. The molecule has 0 aromatic heterocycles. The van der Waals surface area contributed by atoms with Gasteiger partial charge in [0.1, 0.15) is 42.9 Å². The number of benzene rings is 3. The van der Waals surface area contributed by atoms with Crippen LogP contribution in [0.5, 0.6) is 17.2 Å². The molecule has 2 N–H and O–H groups in total. The number of methoxy groups -OCH3 is 3. The maximum absolute atomic E-state index is 13.6. The summed E-state index contributed by atoms with van der Waals surface area (Å²) in [6.07, 6.45) is 8.03. The van der Waals surface area contributed by atoms with Crippen LogP contribution in [0.15, 0.2) is 51.1 Å². The van der Waals surface area contributed by atoms with Crippen molar-refractivity contribution in [1.29, 1.82) is 0 Å². The standard InChI is InChI=1S/C24H39N3O5S.C22H32N2O6S.C17H25NO6S.C2H7N/c1-18(2)25-10-12-26(13-11-25)23(28)17-32-16-21-8-6-7-9-27(21)33(29,30)24-19(3)14-22(31-5)15-20(24)4;1-16-12-20(29-3)13-17(2)22(16)31(27,28)24-9-5-4-6-18(24)14-30-15-21(26)23-10-7-19(25)8-11-23;1-12-8-15(23-3)9-13(2)17(12)25(21,22)18-7-5-4-6-14(18)10-24-11-16(19)20;1-3-2/h14-15,18,21H,6-13,16-17H2,1-5H3;12-13,18H,4-11,14-15H2,1-3H3;8-9,14H,4-7,10-11H2,1-3H3,(H,19,20);3H,1-2H3. The van der Waals surface area contributed by atoms with Crippen LogP contribution in [0.3, 0.4) is 0 Å². The smallest absolute Gasteiger partial charge is 0.329 e. The molecule has 27 heteroatoms. The lowest BCUT2D eigenvalue weighted by Crippen LogP contribution is -2.51. The van der Waals surface area contributed by atoms with Crippen molar-refractivity contribution >= 4 is 53.6 Å². The van der Waals surface area contributed by atoms with Crippen LogP contribution in [0.1, 0.15) is 118 Å². The largest absolute Gasteiger partial charge is 0.497 e. The lowest BCUT2D eigenvalue weighted by Gasteiger charge is -2.37. The Morgan fingerprint density at radius 1 is 0.478 bits per heavy atom. The topological polar surface area (TPSA) is 278 Å². The first-order valence-corrected chi connectivity index (χ1v) is 36.3. The Morgan fingerprint density at radius 2 is 0.761 bits per heavy atom. The number of likely N-dealkylation sites (tertiary alicyclic amines) is 1. The summed E-state index contributed by atoms with van der Waals surface area (Å²) in [5, 5.41) is 11.5. The summed E-state index contributed by atoms with van der Waals surface area (Å²) in [6.45, 7) is 20.3. The number of carboxylic acid groups (broad SMARTS) is 1. The van der Waals surface area contributed by atoms with E-state index < -0.39 is 42.6 Å². The monoisotopic (exact) mass is 1350 g/mol. The fourth-order valence-corrected chi connectivity index (χ4v) is 18.8. The molecule has 5 aliphatic heterocycles. The first-order chi connectivity index (χ1) is 43.6. The number of aliphatic carboxylic acids is 1. The van der Waals surface area contributed by atoms with Crippen LogP contribution in [0, 0.1) is 41.5 Å². The fourth-order valence-electron chi connectivity index (χ4n) is 12.6. The fraction of sp³-hybridized carbons (Fsp3) is 0.662. The van der Waals surface area contributed by atoms with E-state index in [9.17, 15) is 44.4 Å². The Kier molecular flexibility index (Phi) is 30.7. The zero-order chi connectivity index (χ0) is 68.1. The highest BCUT2D eigenvalue weighted by molar-refractivity contribution is 7.89. The molecule has 518 valence electrons. The first kappa shape index (κ1) is 77.4. The van der Waals surface area contributed by atoms with Gasteiger partial charge in [-0.1, -0.05) is 19.3 Å². The van der Waals surface area contributed by atoms with E-state index in [-0.39, 0.29) is 68.8 Å². The van der Waals surface area contributed by atoms with Gasteiger partial charge in [0.15, 0.2) is 0 Å². The Morgan fingerprint density at radius 3 is 1.03 bits per heavy atom. The molecule has 0 aliphatic carbocycles. The lowest BCUT2D eigenvalue weighted by atomic mass is 10.1. The number of nitrogens with one attached hydrogen (secondary N) is 1. The molecule has 3 unspecified atom stereocenters. The second kappa shape index (κ2) is 36.5. The summed E-state index contributed by atoms with van der Waals surface area (Å²) in [7, 11) is -2.67. The van der Waals surface area contributed by atoms with Crippen LogP contribution in [-0.2, 0) is 63.5 Å². The molecule has 0 spiro atoms. The van der Waals surface area contributed by atoms with E-state index in [1.54, 1.807) is 108 Å². The van der Waals surface area contributed by atoms with E-state index in [4.69, 9.17) is 33.5 Å². The molecule has 92 heavy (non-hydrogen) atoms. The van der Waals surface area contributed by atoms with Crippen molar-refractivity contribution in [3.8, 4) is 17.2 Å². The summed E-state index contributed by atoms with van der Waals surface area (Å²) in [4.78, 5) is 53.7. The number of carbonyl (C=O) groups excluding carboxylic acids is 3. The maximum atomic E-state index is 13.6. The summed E-state index contributed by atoms with van der Waals surface area (Å²) in [6, 6.07) is 9.95. The van der Waals surface area contributed by atoms with Crippen molar-refractivity contribution in [2.24, 2.45) is 0 Å². The minimum absolute atomic E-state index is 0.00728. The van der Waals surface area contributed by atoms with Gasteiger partial charge in [0.05, 0.1) is 55.8 Å². The molecule has 5 saturated heterocycles. The quantitative estimate of drug-likeness (QED) is 0.112. The van der Waals surface area contributed by atoms with E-state index in [0.29, 0.717) is 143 Å². The second-order valence-electron chi connectivity index (χ2n) is 24.4. The van der Waals surface area contributed by atoms with Crippen LogP contribution >= 0.6 is 0 Å². The predicted octanol–water partition coefficient (Wildman–Crippen LogP) is 6.28. The van der Waals surface area contributed by atoms with Gasteiger partial charge in [-0.15, -0.1) is 0 Å². The zero-order valence-corrected chi connectivity index (χ0v) is 59.0. The normalized spacial score (nSPS) is 19.8. The number of ether oxygens (including phenoxy) is 6. The third-order valence-corrected chi connectivity index (χ3v) is 23.9. The Bertz CT molecular complexity index is 3210. The van der Waals surface area contributed by atoms with E-state index in [1.165, 1.54) is 8.61 Å². The molecule has 3 aromatic carbocycles. The number of hydrogen-bond donors (Lipinski definition) is 2. The van der Waals surface area contributed by atoms with E-state index >= 15 is 0 Å². The number of nitrogens with zero attached hydrogens (tertiary/aromatic N) is 6. The average molecular weight is 1350 g/mol. The molecule has 0 saturated carbocycles. The summed E-state index contributed by atoms with van der Waals surface area (Å²) in [5.74, 6) is 0.837. The molecule has 8 rings (SSSR count). The number of rotatable bonds is 22. The van der Waals surface area contributed by atoms with Crippen LogP contribution in [-0.4, -0.2) is 240 Å². The number of carbonyl (C=O) groups is 4. The number of carboxylic acids is 1. The molecule has 0 radical (unpaired) electrons. The predicted molar refractivity (Wildman–Crippen MR) is 351 cm³/mol. The van der Waals surface area contributed by atoms with E-state index in [2.05, 4.69) is 24.1 Å². The third kappa shape index (κ3) is 21.1. The number of aryl methyl sites for hydroxylation is 6. The molecule has 3 atom stereocenters. The van der Waals surface area contributed by atoms with Crippen LogP contribution in [0.4, 0.5) is 0 Å². The van der Waals surface area contributed by atoms with Crippen molar-refractivity contribution < 1.29 is 78.0 Å². The minimum Gasteiger partial charge on any atom is -0.497 e. The number of hydrogen-bond acceptors (Lipinski definition) is 18. The van der Waals surface area contributed by atoms with Crippen molar-refractivity contribution in [2.75, 3.05) is 134 Å². The van der Waals surface area contributed by atoms with Crippen molar-refractivity contribution in [1.82, 2.24) is 32.9 Å². The molecule has 5 aliphatic rings. The minimum atomic E-state index is -3.71. The first-order valence-electron chi connectivity index (χ1n) is 31.9. The number of ketones is 1. The Hall–Kier alpha value is -5.33. The number of piperidine rings is 4. The van der Waals surface area contributed by atoms with Crippen molar-refractivity contribution in [2.45, 2.75) is 165 Å². The molecule has 5 fully saturated rings. The van der Waals surface area contributed by atoms with Crippen LogP contribution in [0.2, 0.25) is 0 Å². The molecule has 3 aromatic rings. The lowest BCUT2D eigenvalue weighted by molar-refractivity contribution is -0.143. The highest BCUT2D eigenvalue weighted by atomic mass is 32.2. The number of piperazine rings is 1. The van der Waals surface area contributed by atoms with E-state index in [0.717, 1.165) is 58.0 Å². The van der Waals surface area contributed by atoms with Gasteiger partial charge in [-0.2, -0.15) is 12.9 Å². The molecular weight excluding hydrogens is 1250 g/mol. The van der Waals surface area contributed by atoms with Gasteiger partial charge in [0.25, 0.3) is 0 Å². The summed E-state index contributed by atoms with van der Waals surface area (Å²) in [5.41, 5.74) is 3.91. The van der Waals surface area contributed by atoms with Gasteiger partial charge >= 0.3 is 5.97 Å². The maximum Gasteiger partial charge on any atom is 0.329 e. The molecule has 2 amide bonds. The molecule has 24 nitrogen and oxygen atoms in total. The molecule has 0 bridgehead atoms. The summed E-state index contributed by atoms with van der Waals surface area (Å²) < 4.78 is 118. The highest BCUT2D eigenvalue weighted by Crippen LogP contribution is 2.35. The molecular formula is C65H103N7O17S3. The van der Waals surface area contributed by atoms with Gasteiger partial charge in [-0.25, -0.2) is 30.0 Å². The number of Topliss-reactive ketones (excluding diaryl/α,β-unsaturated/α-hetero) is 1. The van der Waals surface area contributed by atoms with Crippen molar-refractivity contribution in [3.05, 3.63) is 69.8 Å².